The van der Waals surface area contributed by atoms with Crippen molar-refractivity contribution >= 4 is 16.9 Å². The Morgan fingerprint density at radius 3 is 2.83 bits per heavy atom. The maximum Gasteiger partial charge on any atom is 0.289 e. The summed E-state index contributed by atoms with van der Waals surface area (Å²) >= 11 is 0. The lowest BCUT2D eigenvalue weighted by Gasteiger charge is -2.37. The van der Waals surface area contributed by atoms with Crippen molar-refractivity contribution in [1.82, 2.24) is 20.2 Å². The van der Waals surface area contributed by atoms with Gasteiger partial charge in [-0.3, -0.25) is 4.79 Å². The van der Waals surface area contributed by atoms with Crippen LogP contribution < -0.4 is 5.32 Å². The highest BCUT2D eigenvalue weighted by molar-refractivity contribution is 5.94. The van der Waals surface area contributed by atoms with Crippen LogP contribution in [0.2, 0.25) is 0 Å². The van der Waals surface area contributed by atoms with Crippen LogP contribution in [0.3, 0.4) is 0 Å². The molecule has 1 heterocycles. The summed E-state index contributed by atoms with van der Waals surface area (Å²) < 4.78 is 26.8. The van der Waals surface area contributed by atoms with Crippen molar-refractivity contribution in [2.75, 3.05) is 6.54 Å². The number of nitrogens with one attached hydrogen (secondary N) is 2. The molecule has 0 saturated heterocycles. The molecular weight excluding hydrogens is 386 g/mol. The number of aromatic nitrogens is 2. The highest BCUT2D eigenvalue weighted by atomic mass is 19.1. The van der Waals surface area contributed by atoms with Gasteiger partial charge in [0.1, 0.15) is 11.6 Å². The molecule has 2 aromatic carbocycles. The van der Waals surface area contributed by atoms with Crippen molar-refractivity contribution in [3.63, 3.8) is 0 Å². The van der Waals surface area contributed by atoms with Crippen LogP contribution in [0.5, 0.6) is 0 Å². The summed E-state index contributed by atoms with van der Waals surface area (Å²) in [5.74, 6) is -0.515. The number of fused-ring (bicyclic) bond motifs is 1. The predicted octanol–water partition coefficient (Wildman–Crippen LogP) is 4.40. The second kappa shape index (κ2) is 8.92. The average molecular weight is 412 g/mol. The number of benzene rings is 2. The molecule has 30 heavy (non-hydrogen) atoms. The largest absolute Gasteiger partial charge is 0.334 e. The van der Waals surface area contributed by atoms with E-state index in [0.717, 1.165) is 31.2 Å². The average Bonchev–Trinajstić information content (AvgIpc) is 3.16. The van der Waals surface area contributed by atoms with E-state index in [1.165, 1.54) is 18.2 Å². The summed E-state index contributed by atoms with van der Waals surface area (Å²) in [6, 6.07) is 11.2. The molecule has 1 fully saturated rings. The second-order valence-corrected chi connectivity index (χ2v) is 7.87. The van der Waals surface area contributed by atoms with Crippen LogP contribution in [0.25, 0.3) is 11.0 Å². The Labute approximate surface area is 174 Å². The first-order valence-electron chi connectivity index (χ1n) is 10.5. The fourth-order valence-electron chi connectivity index (χ4n) is 4.33. The van der Waals surface area contributed by atoms with Gasteiger partial charge < -0.3 is 15.2 Å². The van der Waals surface area contributed by atoms with Crippen LogP contribution in [-0.4, -0.2) is 39.4 Å². The Kier molecular flexibility index (Phi) is 6.08. The second-order valence-electron chi connectivity index (χ2n) is 7.87. The van der Waals surface area contributed by atoms with E-state index >= 15 is 0 Å². The molecule has 0 spiro atoms. The molecule has 0 radical (unpaired) electrons. The molecule has 4 rings (SSSR count). The summed E-state index contributed by atoms with van der Waals surface area (Å²) in [6.07, 6.45) is 3.82. The van der Waals surface area contributed by atoms with Gasteiger partial charge in [-0.05, 0) is 68.5 Å². The Balaban J connectivity index is 1.43. The number of aromatic amines is 1. The number of amides is 1. The van der Waals surface area contributed by atoms with Crippen LogP contribution in [0, 0.1) is 11.6 Å². The first-order valence-corrected chi connectivity index (χ1v) is 10.5. The molecule has 158 valence electrons. The molecule has 5 nitrogen and oxygen atoms in total. The summed E-state index contributed by atoms with van der Waals surface area (Å²) in [4.78, 5) is 22.3. The van der Waals surface area contributed by atoms with Gasteiger partial charge >= 0.3 is 0 Å². The van der Waals surface area contributed by atoms with Gasteiger partial charge in [0.2, 0.25) is 0 Å². The normalized spacial score (nSPS) is 19.2. The van der Waals surface area contributed by atoms with E-state index in [9.17, 15) is 13.6 Å². The summed E-state index contributed by atoms with van der Waals surface area (Å²) in [5, 5.41) is 3.51. The zero-order valence-electron chi connectivity index (χ0n) is 17.0. The maximum absolute atomic E-state index is 13.5. The Bertz CT molecular complexity index is 1030. The number of nitrogens with zero attached hydrogens (tertiary/aromatic N) is 2. The monoisotopic (exact) mass is 412 g/mol. The van der Waals surface area contributed by atoms with Gasteiger partial charge in [-0.25, -0.2) is 13.8 Å². The maximum atomic E-state index is 13.5. The van der Waals surface area contributed by atoms with Crippen LogP contribution in [0.15, 0.2) is 42.5 Å². The molecule has 3 aromatic rings. The van der Waals surface area contributed by atoms with Crippen molar-refractivity contribution in [3.8, 4) is 0 Å². The highest BCUT2D eigenvalue weighted by Gasteiger charge is 2.30. The number of hydrogen-bond donors (Lipinski definition) is 2. The molecule has 0 aliphatic heterocycles. The summed E-state index contributed by atoms with van der Waals surface area (Å²) in [5.41, 5.74) is 2.01. The van der Waals surface area contributed by atoms with Crippen LogP contribution in [-0.2, 0) is 6.54 Å². The van der Waals surface area contributed by atoms with Gasteiger partial charge in [0.05, 0.1) is 11.0 Å². The third kappa shape index (κ3) is 4.51. The zero-order valence-corrected chi connectivity index (χ0v) is 17.0. The quantitative estimate of drug-likeness (QED) is 0.631. The molecule has 2 atom stereocenters. The Hall–Kier alpha value is -2.80. The standard InChI is InChI=1S/C23H26F2N4O/c1-2-29(23(30)22-27-20-10-9-17(25)12-21(20)28-22)19-8-4-7-18(13-19)26-14-15-5-3-6-16(24)11-15/h3,5-6,9-12,18-19,26H,2,4,7-8,13-14H2,1H3,(H,27,28)/t18-,19+/m1/s1. The minimum Gasteiger partial charge on any atom is -0.334 e. The lowest BCUT2D eigenvalue weighted by Crippen LogP contribution is -2.47. The molecule has 1 aromatic heterocycles. The zero-order chi connectivity index (χ0) is 21.1. The van der Waals surface area contributed by atoms with Crippen molar-refractivity contribution < 1.29 is 13.6 Å². The molecule has 2 N–H and O–H groups in total. The topological polar surface area (TPSA) is 61.0 Å². The van der Waals surface area contributed by atoms with Crippen LogP contribution in [0.1, 0.15) is 48.8 Å². The van der Waals surface area contributed by atoms with E-state index in [-0.39, 0.29) is 35.4 Å². The van der Waals surface area contributed by atoms with Gasteiger partial charge in [-0.15, -0.1) is 0 Å². The number of carbonyl (C=O) groups excluding carboxylic acids is 1. The van der Waals surface area contributed by atoms with E-state index in [1.54, 1.807) is 18.2 Å². The van der Waals surface area contributed by atoms with Gasteiger partial charge in [0.25, 0.3) is 5.91 Å². The number of imidazole rings is 1. The van der Waals surface area contributed by atoms with Gasteiger partial charge in [-0.1, -0.05) is 12.1 Å². The van der Waals surface area contributed by atoms with E-state index in [1.807, 2.05) is 17.9 Å². The van der Waals surface area contributed by atoms with E-state index in [0.29, 0.717) is 24.1 Å². The third-order valence-electron chi connectivity index (χ3n) is 5.82. The van der Waals surface area contributed by atoms with Gasteiger partial charge in [0, 0.05) is 25.2 Å². The molecule has 1 amide bonds. The fraction of sp³-hybridized carbons (Fsp3) is 0.391. The lowest BCUT2D eigenvalue weighted by atomic mass is 9.89. The first-order chi connectivity index (χ1) is 14.5. The molecular formula is C23H26F2N4O. The number of carbonyl (C=O) groups is 1. The van der Waals surface area contributed by atoms with Gasteiger partial charge in [0.15, 0.2) is 5.82 Å². The lowest BCUT2D eigenvalue weighted by molar-refractivity contribution is 0.0617. The predicted molar refractivity (Wildman–Crippen MR) is 112 cm³/mol. The SMILES string of the molecule is CCN(C(=O)c1nc2ccc(F)cc2[nH]1)[C@H]1CCC[C@@H](NCc2cccc(F)c2)C1. The highest BCUT2D eigenvalue weighted by Crippen LogP contribution is 2.25. The smallest absolute Gasteiger partial charge is 0.289 e. The van der Waals surface area contributed by atoms with Gasteiger partial charge in [-0.2, -0.15) is 0 Å². The van der Waals surface area contributed by atoms with Crippen LogP contribution >= 0.6 is 0 Å². The minimum absolute atomic E-state index is 0.103. The number of hydrogen-bond acceptors (Lipinski definition) is 3. The molecule has 1 aliphatic carbocycles. The molecule has 0 bridgehead atoms. The minimum atomic E-state index is -0.364. The molecule has 7 heteroatoms. The summed E-state index contributed by atoms with van der Waals surface area (Å²) in [7, 11) is 0. The Morgan fingerprint density at radius 2 is 2.03 bits per heavy atom. The number of H-pyrrole nitrogens is 1. The Morgan fingerprint density at radius 1 is 1.20 bits per heavy atom. The van der Waals surface area contributed by atoms with E-state index in [2.05, 4.69) is 15.3 Å². The molecule has 1 aliphatic rings. The molecule has 1 saturated carbocycles. The van der Waals surface area contributed by atoms with Crippen molar-refractivity contribution in [1.29, 1.82) is 0 Å². The first kappa shape index (κ1) is 20.5. The van der Waals surface area contributed by atoms with Crippen LogP contribution in [0.4, 0.5) is 8.78 Å². The summed E-state index contributed by atoms with van der Waals surface area (Å²) in [6.45, 7) is 3.14. The molecule has 0 unspecified atom stereocenters. The van der Waals surface area contributed by atoms with E-state index in [4.69, 9.17) is 0 Å². The van der Waals surface area contributed by atoms with E-state index < -0.39 is 0 Å². The van der Waals surface area contributed by atoms with Crippen molar-refractivity contribution in [3.05, 3.63) is 65.5 Å². The number of halogens is 2. The fourth-order valence-corrected chi connectivity index (χ4v) is 4.33. The third-order valence-corrected chi connectivity index (χ3v) is 5.82. The number of rotatable bonds is 6. The van der Waals surface area contributed by atoms with Crippen molar-refractivity contribution in [2.24, 2.45) is 0 Å². The van der Waals surface area contributed by atoms with Crippen molar-refractivity contribution in [2.45, 2.75) is 51.2 Å².